The first-order valence-corrected chi connectivity index (χ1v) is 43.2. The Morgan fingerprint density at radius 1 is 0.585 bits per heavy atom. The Morgan fingerprint density at radius 3 is 1.74 bits per heavy atom. The lowest BCUT2D eigenvalue weighted by Crippen LogP contribution is -2.41. The zero-order chi connectivity index (χ0) is 78.1. The molecule has 0 saturated heterocycles. The third kappa shape index (κ3) is 19.6. The molecule has 9 rings (SSSR count). The van der Waals surface area contributed by atoms with Crippen LogP contribution < -0.4 is 36.2 Å². The number of sulfonamides is 1. The van der Waals surface area contributed by atoms with Gasteiger partial charge >= 0.3 is 0 Å². The van der Waals surface area contributed by atoms with Crippen LogP contribution in [-0.2, 0) is 97.7 Å². The van der Waals surface area contributed by atoms with Crippen LogP contribution in [0.3, 0.4) is 0 Å². The number of nitrogens with zero attached hydrogens (tertiary/aromatic N) is 5. The van der Waals surface area contributed by atoms with Crippen LogP contribution >= 0.6 is 11.3 Å². The van der Waals surface area contributed by atoms with E-state index in [1.165, 1.54) is 48.7 Å². The van der Waals surface area contributed by atoms with E-state index >= 15 is 0 Å². The van der Waals surface area contributed by atoms with E-state index in [9.17, 15) is 105 Å². The number of carbonyl (C=O) groups excluding carboxylic acids is 4. The number of hydrogen-bond acceptors (Lipinski definition) is 24. The van der Waals surface area contributed by atoms with Gasteiger partial charge in [-0.1, -0.05) is 87.9 Å². The molecular weight excluding hydrogens is 1550 g/mol. The number of hydrogen-bond donors (Lipinski definition) is 11. The summed E-state index contributed by atoms with van der Waals surface area (Å²) in [6.45, 7) is 6.56. The summed E-state index contributed by atoms with van der Waals surface area (Å²) in [6.07, 6.45) is 8.49. The van der Waals surface area contributed by atoms with Crippen molar-refractivity contribution in [1.29, 1.82) is 0 Å². The van der Waals surface area contributed by atoms with E-state index in [0.717, 1.165) is 12.1 Å². The van der Waals surface area contributed by atoms with Crippen molar-refractivity contribution in [1.82, 2.24) is 31.1 Å². The number of carbonyl (C=O) groups is 4. The maximum atomic E-state index is 13.7. The van der Waals surface area contributed by atoms with Crippen molar-refractivity contribution >= 4 is 149 Å². The minimum atomic E-state index is -5.19. The molecule has 4 amide bonds. The Kier molecular flexibility index (Phi) is 24.1. The van der Waals surface area contributed by atoms with Gasteiger partial charge in [0.05, 0.1) is 38.6 Å². The summed E-state index contributed by atoms with van der Waals surface area (Å²) >= 11 is 0.560. The van der Waals surface area contributed by atoms with Crippen molar-refractivity contribution in [3.8, 4) is 0 Å². The van der Waals surface area contributed by atoms with E-state index < -0.39 is 141 Å². The molecule has 2 aliphatic rings. The molecule has 0 aliphatic carbocycles. The molecule has 34 nitrogen and oxygen atoms in total. The molecule has 2 aliphatic heterocycles. The first-order valence-electron chi connectivity index (χ1n) is 31.9. The third-order valence-electron chi connectivity index (χ3n) is 17.5. The van der Waals surface area contributed by atoms with Crippen molar-refractivity contribution in [3.05, 3.63) is 155 Å². The highest BCUT2D eigenvalue weighted by Crippen LogP contribution is 2.53. The van der Waals surface area contributed by atoms with Gasteiger partial charge in [-0.2, -0.15) is 50.5 Å². The minimum Gasteiger partial charge on any atom is -0.364 e. The van der Waals surface area contributed by atoms with E-state index in [1.54, 1.807) is 80.0 Å². The van der Waals surface area contributed by atoms with Crippen molar-refractivity contribution < 1.29 is 105 Å². The van der Waals surface area contributed by atoms with E-state index in [2.05, 4.69) is 36.4 Å². The van der Waals surface area contributed by atoms with Gasteiger partial charge in [0.15, 0.2) is 0 Å². The number of nitrogens with two attached hydrogens (primary N) is 1. The van der Waals surface area contributed by atoms with Crippen LogP contribution in [0, 0.1) is 0 Å². The number of amides is 4. The number of benzene rings is 5. The average molecular weight is 1620 g/mol. The van der Waals surface area contributed by atoms with Crippen LogP contribution in [0.15, 0.2) is 145 Å². The maximum Gasteiger partial charge on any atom is 0.295 e. The summed E-state index contributed by atoms with van der Waals surface area (Å²) in [5.41, 5.74) is 0.100. The van der Waals surface area contributed by atoms with E-state index in [4.69, 9.17) is 5.14 Å². The molecule has 106 heavy (non-hydrogen) atoms. The fraction of sp³-hybridized carbons (Fsp3) is 0.328. The Balaban J connectivity index is 0.976. The van der Waals surface area contributed by atoms with Gasteiger partial charge in [0.2, 0.25) is 21.3 Å². The molecule has 42 heteroatoms. The SMILES string of the molecule is CC1(C)C(=CC=C(/C=C/C2N(CCCS(=O)(=O)O)c3ccc4c(S(=O)(=O)O)cc(S(=O)(=O)O)cc4c3C2(C)C)c2ccc(C(=O)NCCCCCC(=O)NCc3cccc(C(=O)NCCC(=O)Nc4nnc(S(N)(=O)=O)s4)c3)cn2)N(CCCS(=O)(=O)O)c2ccc3c(S(=O)(=O)O)cc(S(=O)(=O)O)cc3c21. The summed E-state index contributed by atoms with van der Waals surface area (Å²) < 4.78 is 234. The van der Waals surface area contributed by atoms with Gasteiger partial charge in [0.25, 0.3) is 82.5 Å². The molecule has 0 saturated carbocycles. The van der Waals surface area contributed by atoms with Gasteiger partial charge in [-0.3, -0.25) is 51.5 Å². The van der Waals surface area contributed by atoms with Crippen LogP contribution in [0.4, 0.5) is 16.5 Å². The standard InChI is InChI=1S/C64H72N10O24S8/c1-63(2)53(73(27-9-29-100(79,80)81)49-20-17-44-46(57(49)63)32-42(103(87,88)89)34-51(44)105(93,94)95)22-15-39(16-23-54-64(3,4)58-47-33-43(104(90,91)92)35-52(106(96,97)98)45(47)18-21-50(58)74(54)28-10-30-101(82,83)84)48-19-14-41(37-68-48)60(78)66-25-7-5-6-13-55(75)69-36-38-11-8-12-40(31-38)59(77)67-26-24-56(76)70-61-71-72-62(99-61)102(65,85)86/h8,11-12,14-23,31-35,37,53H,5-7,9-10,13,24-30,36H2,1-4H3,(H,66,78)(H,67,77)(H,69,75)(H2,65,85,86)(H,70,71,76)(H,79,80,81)(H,82,83,84)(H,87,88,89)(H,90,91,92)(H,93,94,95)(H,96,97,98)/b22-15+,39-16?,54-23?. The van der Waals surface area contributed by atoms with Crippen LogP contribution in [0.25, 0.3) is 27.1 Å². The lowest BCUT2D eigenvalue weighted by molar-refractivity contribution is -0.121. The first kappa shape index (κ1) is 81.5. The van der Waals surface area contributed by atoms with Gasteiger partial charge in [-0.05, 0) is 125 Å². The van der Waals surface area contributed by atoms with Crippen LogP contribution in [0.1, 0.15) is 116 Å². The number of allylic oxidation sites excluding steroid dienone is 5. The second-order valence-corrected chi connectivity index (χ2v) is 37.2. The molecule has 0 fully saturated rings. The zero-order valence-electron chi connectivity index (χ0n) is 56.6. The second-order valence-electron chi connectivity index (χ2n) is 25.7. The monoisotopic (exact) mass is 1620 g/mol. The lowest BCUT2D eigenvalue weighted by atomic mass is 9.78. The largest absolute Gasteiger partial charge is 0.364 e. The quantitative estimate of drug-likeness (QED) is 0.0109. The van der Waals surface area contributed by atoms with Gasteiger partial charge in [-0.25, -0.2) is 13.6 Å². The number of rotatable bonds is 31. The lowest BCUT2D eigenvalue weighted by Gasteiger charge is -2.32. The van der Waals surface area contributed by atoms with Gasteiger partial charge < -0.3 is 31.1 Å². The molecule has 1 unspecified atom stereocenters. The summed E-state index contributed by atoms with van der Waals surface area (Å²) in [5.74, 6) is -3.40. The molecule has 570 valence electrons. The minimum absolute atomic E-state index is 0.0545. The number of pyridine rings is 1. The predicted octanol–water partition coefficient (Wildman–Crippen LogP) is 5.58. The topological polar surface area (TPSA) is 548 Å². The number of primary sulfonamides is 1. The van der Waals surface area contributed by atoms with E-state index in [1.807, 2.05) is 0 Å². The van der Waals surface area contributed by atoms with Gasteiger partial charge in [-0.15, -0.1) is 10.2 Å². The smallest absolute Gasteiger partial charge is 0.295 e. The van der Waals surface area contributed by atoms with Crippen LogP contribution in [-0.4, -0.2) is 169 Å². The molecule has 5 aromatic carbocycles. The van der Waals surface area contributed by atoms with Crippen LogP contribution in [0.5, 0.6) is 0 Å². The molecule has 1 atom stereocenters. The Morgan fingerprint density at radius 2 is 1.17 bits per heavy atom. The highest BCUT2D eigenvalue weighted by atomic mass is 32.3. The second kappa shape index (κ2) is 31.3. The number of nitrogens with one attached hydrogen (secondary N) is 4. The first-order chi connectivity index (χ1) is 49.1. The predicted molar refractivity (Wildman–Crippen MR) is 389 cm³/mol. The zero-order valence-corrected chi connectivity index (χ0v) is 63.1. The number of unbranched alkanes of at least 4 members (excludes halogenated alkanes) is 2. The normalized spacial score (nSPS) is 16.0. The Hall–Kier alpha value is -8.60. The van der Waals surface area contributed by atoms with E-state index in [0.29, 0.717) is 59.7 Å². The van der Waals surface area contributed by atoms with Crippen molar-refractivity contribution in [2.24, 2.45) is 5.14 Å². The molecule has 0 spiro atoms. The fourth-order valence-corrected chi connectivity index (χ4v) is 17.8. The average Bonchev–Trinajstić information content (AvgIpc) is 1.54. The highest BCUT2D eigenvalue weighted by molar-refractivity contribution is 7.91. The molecule has 4 heterocycles. The van der Waals surface area contributed by atoms with Crippen molar-refractivity contribution in [2.75, 3.05) is 52.8 Å². The molecule has 0 radical (unpaired) electrons. The van der Waals surface area contributed by atoms with Crippen molar-refractivity contribution in [2.45, 2.75) is 120 Å². The molecule has 7 aromatic rings. The summed E-state index contributed by atoms with van der Waals surface area (Å²) in [4.78, 5) is 56.2. The Bertz CT molecular complexity index is 5650. The summed E-state index contributed by atoms with van der Waals surface area (Å²) in [7, 11) is -33.9. The van der Waals surface area contributed by atoms with Crippen molar-refractivity contribution in [3.63, 3.8) is 0 Å². The summed E-state index contributed by atoms with van der Waals surface area (Å²) in [6, 6.07) is 17.1. The van der Waals surface area contributed by atoms with Gasteiger partial charge in [0, 0.05) is 96.0 Å². The number of aromatic nitrogens is 3. The van der Waals surface area contributed by atoms with Gasteiger partial charge in [0.1, 0.15) is 9.79 Å². The summed E-state index contributed by atoms with van der Waals surface area (Å²) in [5, 5.41) is 22.0. The maximum absolute atomic E-state index is 13.7. The molecule has 12 N–H and O–H groups in total. The molecule has 2 aromatic heterocycles. The number of fused-ring (bicyclic) bond motifs is 6. The fourth-order valence-electron chi connectivity index (χ4n) is 12.7. The highest BCUT2D eigenvalue weighted by Gasteiger charge is 2.46. The third-order valence-corrected chi connectivity index (χ3v) is 24.7. The number of anilines is 3. The molecular formula is C64H72N10O24S8. The van der Waals surface area contributed by atoms with E-state index in [-0.39, 0.29) is 130 Å². The van der Waals surface area contributed by atoms with Crippen LogP contribution in [0.2, 0.25) is 0 Å². The Labute approximate surface area is 614 Å². The molecule has 0 bridgehead atoms.